The first-order valence-corrected chi connectivity index (χ1v) is 11.5. The number of nitrogens with one attached hydrogen (secondary N) is 1. The van der Waals surface area contributed by atoms with Gasteiger partial charge < -0.3 is 20.9 Å². The topological polar surface area (TPSA) is 111 Å². The molecular formula is C24H25N7OS. The maximum atomic E-state index is 11.7. The first-order valence-electron chi connectivity index (χ1n) is 10.6. The van der Waals surface area contributed by atoms with Gasteiger partial charge in [-0.2, -0.15) is 5.26 Å². The number of rotatable bonds is 6. The van der Waals surface area contributed by atoms with E-state index >= 15 is 0 Å². The predicted octanol–water partition coefficient (Wildman–Crippen LogP) is 2.82. The molecule has 8 nitrogen and oxygen atoms in total. The molecule has 168 valence electrons. The fourth-order valence-electron chi connectivity index (χ4n) is 3.51. The van der Waals surface area contributed by atoms with Crippen molar-refractivity contribution < 1.29 is 4.79 Å². The van der Waals surface area contributed by atoms with Crippen LogP contribution in [0.15, 0.2) is 64.5 Å². The van der Waals surface area contributed by atoms with Gasteiger partial charge in [0.25, 0.3) is 0 Å². The molecule has 3 N–H and O–H groups in total. The molecule has 9 heteroatoms. The van der Waals surface area contributed by atoms with Crippen LogP contribution in [-0.2, 0) is 4.79 Å². The number of carbonyl (C=O) groups is 1. The van der Waals surface area contributed by atoms with Gasteiger partial charge in [-0.15, -0.1) is 0 Å². The molecule has 2 aromatic carbocycles. The van der Waals surface area contributed by atoms with Crippen molar-refractivity contribution in [3.05, 3.63) is 60.3 Å². The second kappa shape index (κ2) is 10.4. The van der Waals surface area contributed by atoms with Crippen LogP contribution in [0.2, 0.25) is 0 Å². The van der Waals surface area contributed by atoms with Gasteiger partial charge in [-0.25, -0.2) is 9.97 Å². The van der Waals surface area contributed by atoms with E-state index in [1.165, 1.54) is 11.8 Å². The Labute approximate surface area is 197 Å². The number of nitrogens with zero attached hydrogens (tertiary/aromatic N) is 5. The van der Waals surface area contributed by atoms with Gasteiger partial charge in [0.15, 0.2) is 0 Å². The Balaban J connectivity index is 1.69. The van der Waals surface area contributed by atoms with Gasteiger partial charge in [-0.1, -0.05) is 30.0 Å². The lowest BCUT2D eigenvalue weighted by molar-refractivity contribution is -0.114. The van der Waals surface area contributed by atoms with Gasteiger partial charge in [0.2, 0.25) is 11.9 Å². The van der Waals surface area contributed by atoms with E-state index in [1.54, 1.807) is 6.07 Å². The third-order valence-electron chi connectivity index (χ3n) is 5.32. The molecule has 0 saturated carbocycles. The van der Waals surface area contributed by atoms with E-state index in [2.05, 4.69) is 33.2 Å². The highest BCUT2D eigenvalue weighted by atomic mass is 32.2. The van der Waals surface area contributed by atoms with Gasteiger partial charge in [0.05, 0.1) is 28.8 Å². The molecule has 1 saturated heterocycles. The highest BCUT2D eigenvalue weighted by molar-refractivity contribution is 7.99. The van der Waals surface area contributed by atoms with E-state index in [4.69, 9.17) is 10.7 Å². The van der Waals surface area contributed by atoms with Crippen molar-refractivity contribution in [2.75, 3.05) is 50.0 Å². The minimum atomic E-state index is -0.244. The van der Waals surface area contributed by atoms with Gasteiger partial charge >= 0.3 is 0 Å². The molecule has 0 bridgehead atoms. The largest absolute Gasteiger partial charge is 0.338 e. The summed E-state index contributed by atoms with van der Waals surface area (Å²) in [5.41, 5.74) is 8.31. The highest BCUT2D eigenvalue weighted by Gasteiger charge is 2.19. The molecule has 0 spiro atoms. The molecule has 3 aromatic rings. The van der Waals surface area contributed by atoms with Crippen molar-refractivity contribution in [1.82, 2.24) is 14.9 Å². The third kappa shape index (κ3) is 5.68. The number of piperazine rings is 1. The molecule has 1 aliphatic heterocycles. The van der Waals surface area contributed by atoms with Crippen molar-refractivity contribution in [2.24, 2.45) is 5.73 Å². The number of benzene rings is 2. The Morgan fingerprint density at radius 2 is 1.97 bits per heavy atom. The van der Waals surface area contributed by atoms with E-state index in [1.807, 2.05) is 48.7 Å². The van der Waals surface area contributed by atoms with Crippen LogP contribution in [0.4, 0.5) is 11.6 Å². The molecule has 4 rings (SSSR count). The molecule has 0 aliphatic carbocycles. The quantitative estimate of drug-likeness (QED) is 0.579. The molecule has 0 radical (unpaired) electrons. The Morgan fingerprint density at radius 3 is 2.73 bits per heavy atom. The summed E-state index contributed by atoms with van der Waals surface area (Å²) < 4.78 is 0. The molecule has 2 heterocycles. The van der Waals surface area contributed by atoms with Crippen molar-refractivity contribution in [2.45, 2.75) is 9.79 Å². The number of hydrogen-bond acceptors (Lipinski definition) is 8. The summed E-state index contributed by atoms with van der Waals surface area (Å²) in [6.07, 6.45) is 1.84. The van der Waals surface area contributed by atoms with E-state index < -0.39 is 0 Å². The number of likely N-dealkylation sites (N-methyl/N-ethyl adjacent to an activating group) is 1. The smallest absolute Gasteiger partial charge is 0.238 e. The second-order valence-corrected chi connectivity index (χ2v) is 8.86. The number of anilines is 2. The lowest BCUT2D eigenvalue weighted by Crippen LogP contribution is -2.45. The Kier molecular flexibility index (Phi) is 7.19. The number of aromatic nitrogens is 2. The predicted molar refractivity (Wildman–Crippen MR) is 130 cm³/mol. The minimum Gasteiger partial charge on any atom is -0.338 e. The zero-order valence-corrected chi connectivity index (χ0v) is 19.2. The highest BCUT2D eigenvalue weighted by Crippen LogP contribution is 2.36. The van der Waals surface area contributed by atoms with Gasteiger partial charge in [-0.05, 0) is 37.4 Å². The van der Waals surface area contributed by atoms with Crippen LogP contribution < -0.4 is 16.0 Å². The fraction of sp³-hybridized carbons (Fsp3) is 0.250. The van der Waals surface area contributed by atoms with Crippen LogP contribution in [0.25, 0.3) is 11.3 Å². The van der Waals surface area contributed by atoms with Crippen LogP contribution in [0.3, 0.4) is 0 Å². The maximum absolute atomic E-state index is 11.7. The fourth-order valence-corrected chi connectivity index (χ4v) is 4.47. The molecule has 0 atom stereocenters. The number of nitriles is 1. The standard InChI is InChI=1S/C24H25N7OS/c1-30-8-10-31(11-9-30)24-27-16-21(23(29-24)18-5-2-4-17(12-18)14-25)33-20-7-3-6-19(13-20)28-22(32)15-26/h2-7,12-13,16H,8-11,15,26H2,1H3,(H,28,32). The Morgan fingerprint density at radius 1 is 1.18 bits per heavy atom. The molecule has 1 fully saturated rings. The van der Waals surface area contributed by atoms with E-state index in [0.717, 1.165) is 47.2 Å². The van der Waals surface area contributed by atoms with Crippen LogP contribution in [0, 0.1) is 11.3 Å². The van der Waals surface area contributed by atoms with Crippen molar-refractivity contribution >= 4 is 29.3 Å². The zero-order chi connectivity index (χ0) is 23.2. The minimum absolute atomic E-state index is 0.0711. The SMILES string of the molecule is CN1CCN(c2ncc(Sc3cccc(NC(=O)CN)c3)c(-c3cccc(C#N)c3)n2)CC1. The van der Waals surface area contributed by atoms with Crippen molar-refractivity contribution in [1.29, 1.82) is 5.26 Å². The summed E-state index contributed by atoms with van der Waals surface area (Å²) in [4.78, 5) is 27.5. The molecule has 33 heavy (non-hydrogen) atoms. The molecule has 1 aromatic heterocycles. The molecular weight excluding hydrogens is 434 g/mol. The monoisotopic (exact) mass is 459 g/mol. The van der Waals surface area contributed by atoms with Gasteiger partial charge in [0.1, 0.15) is 0 Å². The summed E-state index contributed by atoms with van der Waals surface area (Å²) in [5, 5.41) is 12.2. The summed E-state index contributed by atoms with van der Waals surface area (Å²) in [6, 6.07) is 17.2. The average Bonchev–Trinajstić information content (AvgIpc) is 2.85. The number of carbonyl (C=O) groups excluding carboxylic acids is 1. The van der Waals surface area contributed by atoms with E-state index in [-0.39, 0.29) is 12.5 Å². The lowest BCUT2D eigenvalue weighted by atomic mass is 10.1. The third-order valence-corrected chi connectivity index (χ3v) is 6.33. The van der Waals surface area contributed by atoms with Crippen LogP contribution in [-0.4, -0.2) is 60.5 Å². The van der Waals surface area contributed by atoms with Crippen LogP contribution >= 0.6 is 11.8 Å². The van der Waals surface area contributed by atoms with Crippen molar-refractivity contribution in [3.8, 4) is 17.3 Å². The van der Waals surface area contributed by atoms with E-state index in [9.17, 15) is 10.1 Å². The molecule has 1 aliphatic rings. The van der Waals surface area contributed by atoms with E-state index in [0.29, 0.717) is 17.2 Å². The first-order chi connectivity index (χ1) is 16.1. The normalized spacial score (nSPS) is 14.0. The molecule has 1 amide bonds. The number of nitrogens with two attached hydrogens (primary N) is 1. The van der Waals surface area contributed by atoms with Crippen molar-refractivity contribution in [3.63, 3.8) is 0 Å². The van der Waals surface area contributed by atoms with Gasteiger partial charge in [0, 0.05) is 48.5 Å². The second-order valence-electron chi connectivity index (χ2n) is 7.75. The number of hydrogen-bond donors (Lipinski definition) is 2. The zero-order valence-electron chi connectivity index (χ0n) is 18.4. The maximum Gasteiger partial charge on any atom is 0.238 e. The summed E-state index contributed by atoms with van der Waals surface area (Å²) in [7, 11) is 2.11. The summed E-state index contributed by atoms with van der Waals surface area (Å²) in [6.45, 7) is 3.58. The first kappa shape index (κ1) is 22.7. The Bertz CT molecular complexity index is 1190. The summed E-state index contributed by atoms with van der Waals surface area (Å²) in [5.74, 6) is 0.444. The lowest BCUT2D eigenvalue weighted by Gasteiger charge is -2.32. The average molecular weight is 460 g/mol. The summed E-state index contributed by atoms with van der Waals surface area (Å²) >= 11 is 1.51. The van der Waals surface area contributed by atoms with Crippen LogP contribution in [0.5, 0.6) is 0 Å². The van der Waals surface area contributed by atoms with Crippen LogP contribution in [0.1, 0.15) is 5.56 Å². The van der Waals surface area contributed by atoms with Gasteiger partial charge in [-0.3, -0.25) is 4.79 Å². The molecule has 0 unspecified atom stereocenters. The Hall–Kier alpha value is -3.45. The number of amides is 1.